The largest absolute Gasteiger partial charge is 0.387 e. The van der Waals surface area contributed by atoms with E-state index in [0.717, 1.165) is 21.9 Å². The lowest BCUT2D eigenvalue weighted by Crippen LogP contribution is -1.98. The molecule has 4 heteroatoms. The average Bonchev–Trinajstić information content (AvgIpc) is 2.95. The van der Waals surface area contributed by atoms with Crippen molar-refractivity contribution in [2.24, 2.45) is 0 Å². The zero-order chi connectivity index (χ0) is 11.8. The van der Waals surface area contributed by atoms with Crippen LogP contribution in [-0.2, 0) is 0 Å². The first-order valence-electron chi connectivity index (χ1n) is 5.46. The van der Waals surface area contributed by atoms with E-state index >= 15 is 0 Å². The predicted molar refractivity (Wildman–Crippen MR) is 69.1 cm³/mol. The summed E-state index contributed by atoms with van der Waals surface area (Å²) in [5.74, 6) is 0. The summed E-state index contributed by atoms with van der Waals surface area (Å²) in [7, 11) is 0. The zero-order valence-electron chi connectivity index (χ0n) is 9.37. The third-order valence-electron chi connectivity index (χ3n) is 2.72. The monoisotopic (exact) mass is 244 g/mol. The SMILES string of the molecule is CC(O)c1c(-c2cccs2)nc2ccccn12. The number of aliphatic hydroxyl groups is 1. The summed E-state index contributed by atoms with van der Waals surface area (Å²) in [6.45, 7) is 1.77. The van der Waals surface area contributed by atoms with Crippen molar-refractivity contribution in [1.29, 1.82) is 0 Å². The molecule has 0 bridgehead atoms. The molecule has 0 spiro atoms. The number of thiophene rings is 1. The standard InChI is InChI=1S/C13H12N2OS/c1-9(16)13-12(10-5-4-8-17-10)14-11-6-2-3-7-15(11)13/h2-9,16H,1H3. The fourth-order valence-electron chi connectivity index (χ4n) is 2.01. The van der Waals surface area contributed by atoms with Crippen molar-refractivity contribution in [3.05, 3.63) is 47.6 Å². The van der Waals surface area contributed by atoms with Gasteiger partial charge in [-0.25, -0.2) is 4.98 Å². The number of imidazole rings is 1. The van der Waals surface area contributed by atoms with E-state index in [-0.39, 0.29) is 0 Å². The van der Waals surface area contributed by atoms with Gasteiger partial charge in [0.15, 0.2) is 0 Å². The van der Waals surface area contributed by atoms with Crippen LogP contribution in [0.1, 0.15) is 18.7 Å². The van der Waals surface area contributed by atoms with Gasteiger partial charge in [-0.3, -0.25) is 0 Å². The molecule has 3 aromatic heterocycles. The molecule has 1 atom stereocenters. The Bertz CT molecular complexity index is 641. The highest BCUT2D eigenvalue weighted by Gasteiger charge is 2.17. The number of pyridine rings is 1. The second kappa shape index (κ2) is 3.98. The molecule has 0 aliphatic carbocycles. The van der Waals surface area contributed by atoms with Gasteiger partial charge in [0, 0.05) is 6.20 Å². The number of aromatic nitrogens is 2. The molecule has 0 aliphatic rings. The zero-order valence-corrected chi connectivity index (χ0v) is 10.2. The van der Waals surface area contributed by atoms with E-state index in [1.165, 1.54) is 0 Å². The Kier molecular flexibility index (Phi) is 2.46. The molecule has 3 rings (SSSR count). The average molecular weight is 244 g/mol. The van der Waals surface area contributed by atoms with Crippen LogP contribution >= 0.6 is 11.3 Å². The highest BCUT2D eigenvalue weighted by Crippen LogP contribution is 2.31. The topological polar surface area (TPSA) is 37.5 Å². The van der Waals surface area contributed by atoms with Crippen LogP contribution in [0.15, 0.2) is 41.9 Å². The number of rotatable bonds is 2. The summed E-state index contributed by atoms with van der Waals surface area (Å²) in [6.07, 6.45) is 1.39. The molecule has 3 heterocycles. The van der Waals surface area contributed by atoms with Crippen molar-refractivity contribution in [3.63, 3.8) is 0 Å². The molecule has 86 valence electrons. The molecule has 1 N–H and O–H groups in total. The molecule has 0 amide bonds. The highest BCUT2D eigenvalue weighted by atomic mass is 32.1. The number of hydrogen-bond donors (Lipinski definition) is 1. The van der Waals surface area contributed by atoms with Gasteiger partial charge in [0.1, 0.15) is 11.3 Å². The van der Waals surface area contributed by atoms with Crippen molar-refractivity contribution in [1.82, 2.24) is 9.38 Å². The predicted octanol–water partition coefficient (Wildman–Crippen LogP) is 3.12. The third kappa shape index (κ3) is 1.66. The fourth-order valence-corrected chi connectivity index (χ4v) is 2.73. The first-order valence-corrected chi connectivity index (χ1v) is 6.34. The van der Waals surface area contributed by atoms with Crippen LogP contribution in [-0.4, -0.2) is 14.5 Å². The van der Waals surface area contributed by atoms with Gasteiger partial charge in [-0.15, -0.1) is 11.3 Å². The van der Waals surface area contributed by atoms with Gasteiger partial charge >= 0.3 is 0 Å². The molecule has 0 saturated carbocycles. The molecule has 1 unspecified atom stereocenters. The van der Waals surface area contributed by atoms with Crippen molar-refractivity contribution < 1.29 is 5.11 Å². The van der Waals surface area contributed by atoms with Crippen LogP contribution in [0.2, 0.25) is 0 Å². The van der Waals surface area contributed by atoms with Gasteiger partial charge in [0.05, 0.1) is 16.7 Å². The van der Waals surface area contributed by atoms with Crippen LogP contribution in [0.3, 0.4) is 0 Å². The van der Waals surface area contributed by atoms with E-state index in [9.17, 15) is 5.11 Å². The normalized spacial score (nSPS) is 13.1. The molecule has 0 saturated heterocycles. The molecular formula is C13H12N2OS. The lowest BCUT2D eigenvalue weighted by Gasteiger charge is -2.06. The Morgan fingerprint density at radius 1 is 1.29 bits per heavy atom. The number of fused-ring (bicyclic) bond motifs is 1. The minimum atomic E-state index is -0.538. The maximum absolute atomic E-state index is 9.93. The van der Waals surface area contributed by atoms with Crippen LogP contribution in [0.4, 0.5) is 0 Å². The van der Waals surface area contributed by atoms with Gasteiger partial charge in [-0.2, -0.15) is 0 Å². The molecule has 0 aliphatic heterocycles. The van der Waals surface area contributed by atoms with Crippen molar-refractivity contribution in [2.45, 2.75) is 13.0 Å². The molecule has 3 nitrogen and oxygen atoms in total. The van der Waals surface area contributed by atoms with Crippen molar-refractivity contribution >= 4 is 17.0 Å². The first kappa shape index (κ1) is 10.5. The maximum atomic E-state index is 9.93. The number of hydrogen-bond acceptors (Lipinski definition) is 3. The van der Waals surface area contributed by atoms with E-state index in [1.807, 2.05) is 46.3 Å². The Hall–Kier alpha value is -1.65. The second-order valence-electron chi connectivity index (χ2n) is 3.93. The first-order chi connectivity index (χ1) is 8.27. The van der Waals surface area contributed by atoms with E-state index in [4.69, 9.17) is 0 Å². The molecule has 0 radical (unpaired) electrons. The van der Waals surface area contributed by atoms with Crippen LogP contribution in [0.25, 0.3) is 16.2 Å². The Morgan fingerprint density at radius 3 is 2.88 bits per heavy atom. The van der Waals surface area contributed by atoms with Gasteiger partial charge in [0.2, 0.25) is 0 Å². The van der Waals surface area contributed by atoms with Gasteiger partial charge in [-0.1, -0.05) is 12.1 Å². The molecule has 17 heavy (non-hydrogen) atoms. The maximum Gasteiger partial charge on any atom is 0.137 e. The lowest BCUT2D eigenvalue weighted by molar-refractivity contribution is 0.194. The van der Waals surface area contributed by atoms with E-state index in [1.54, 1.807) is 18.3 Å². The van der Waals surface area contributed by atoms with Crippen LogP contribution < -0.4 is 0 Å². The molecular weight excluding hydrogens is 232 g/mol. The van der Waals surface area contributed by atoms with E-state index < -0.39 is 6.10 Å². The highest BCUT2D eigenvalue weighted by molar-refractivity contribution is 7.13. The van der Waals surface area contributed by atoms with Crippen LogP contribution in [0, 0.1) is 0 Å². The lowest BCUT2D eigenvalue weighted by atomic mass is 10.2. The van der Waals surface area contributed by atoms with E-state index in [2.05, 4.69) is 4.98 Å². The summed E-state index contributed by atoms with van der Waals surface area (Å²) in [5.41, 5.74) is 2.59. The third-order valence-corrected chi connectivity index (χ3v) is 3.59. The summed E-state index contributed by atoms with van der Waals surface area (Å²) in [4.78, 5) is 5.68. The van der Waals surface area contributed by atoms with Gasteiger partial charge in [0.25, 0.3) is 0 Å². The smallest absolute Gasteiger partial charge is 0.137 e. The Morgan fingerprint density at radius 2 is 2.18 bits per heavy atom. The fraction of sp³-hybridized carbons (Fsp3) is 0.154. The van der Waals surface area contributed by atoms with Gasteiger partial charge in [-0.05, 0) is 30.5 Å². The second-order valence-corrected chi connectivity index (χ2v) is 4.88. The summed E-state index contributed by atoms with van der Waals surface area (Å²) >= 11 is 1.64. The van der Waals surface area contributed by atoms with Crippen molar-refractivity contribution in [3.8, 4) is 10.6 Å². The summed E-state index contributed by atoms with van der Waals surface area (Å²) in [5, 5.41) is 12.0. The Balaban J connectivity index is 2.34. The quantitative estimate of drug-likeness (QED) is 0.752. The Labute approximate surface area is 103 Å². The number of nitrogens with zero attached hydrogens (tertiary/aromatic N) is 2. The molecule has 0 aromatic carbocycles. The van der Waals surface area contributed by atoms with E-state index in [0.29, 0.717) is 0 Å². The molecule has 0 fully saturated rings. The van der Waals surface area contributed by atoms with Crippen LogP contribution in [0.5, 0.6) is 0 Å². The summed E-state index contributed by atoms with van der Waals surface area (Å²) in [6, 6.07) is 9.86. The minimum Gasteiger partial charge on any atom is -0.387 e. The molecule has 3 aromatic rings. The van der Waals surface area contributed by atoms with Crippen molar-refractivity contribution in [2.75, 3.05) is 0 Å². The number of aliphatic hydroxyl groups excluding tert-OH is 1. The summed E-state index contributed by atoms with van der Waals surface area (Å²) < 4.78 is 1.94. The van der Waals surface area contributed by atoms with Gasteiger partial charge < -0.3 is 9.51 Å². The minimum absolute atomic E-state index is 0.538.